The number of hydrogen-bond donors (Lipinski definition) is 1. The Morgan fingerprint density at radius 2 is 1.57 bits per heavy atom. The Morgan fingerprint density at radius 3 is 2.23 bits per heavy atom. The molecule has 0 bridgehead atoms. The van der Waals surface area contributed by atoms with Gasteiger partial charge in [-0.15, -0.1) is 0 Å². The van der Waals surface area contributed by atoms with Gasteiger partial charge in [0.1, 0.15) is 11.6 Å². The van der Waals surface area contributed by atoms with Crippen molar-refractivity contribution in [2.45, 2.75) is 18.8 Å². The van der Waals surface area contributed by atoms with Gasteiger partial charge in [0.2, 0.25) is 0 Å². The number of alkyl halides is 3. The molecule has 0 fully saturated rings. The molecule has 3 aromatic carbocycles. The number of halogens is 5. The molecule has 0 saturated carbocycles. The van der Waals surface area contributed by atoms with E-state index in [0.717, 1.165) is 12.1 Å². The molecule has 0 aliphatic rings. The lowest BCUT2D eigenvalue weighted by Crippen LogP contribution is -2.25. The minimum atomic E-state index is -4.55. The molecular weight excluding hydrogens is 401 g/mol. The standard InChI is InChI=1S/C23H20F5NO/c1-29(14-22(30)18-7-3-5-9-20(18)24)13-16-11-10-15(12-21(16)25)17-6-2-4-8-19(17)23(26,27)28/h2-12,22,30H,13-14H2,1H3. The molecule has 1 unspecified atom stereocenters. The molecule has 0 aromatic heterocycles. The molecule has 30 heavy (non-hydrogen) atoms. The van der Waals surface area contributed by atoms with Crippen molar-refractivity contribution in [3.8, 4) is 11.1 Å². The maximum atomic E-state index is 14.6. The van der Waals surface area contributed by atoms with Crippen LogP contribution in [0.4, 0.5) is 22.0 Å². The molecule has 0 heterocycles. The molecule has 0 amide bonds. The SMILES string of the molecule is CN(Cc1ccc(-c2ccccc2C(F)(F)F)cc1F)CC(O)c1ccccc1F. The lowest BCUT2D eigenvalue weighted by atomic mass is 9.98. The van der Waals surface area contributed by atoms with Crippen molar-refractivity contribution >= 4 is 0 Å². The zero-order chi connectivity index (χ0) is 21.9. The fourth-order valence-corrected chi connectivity index (χ4v) is 3.32. The molecule has 1 atom stereocenters. The summed E-state index contributed by atoms with van der Waals surface area (Å²) in [7, 11) is 1.64. The Kier molecular flexibility index (Phi) is 6.53. The molecule has 1 N–H and O–H groups in total. The summed E-state index contributed by atoms with van der Waals surface area (Å²) in [6, 6.07) is 14.8. The third-order valence-corrected chi connectivity index (χ3v) is 4.79. The van der Waals surface area contributed by atoms with E-state index in [1.165, 1.54) is 48.5 Å². The van der Waals surface area contributed by atoms with Crippen LogP contribution >= 0.6 is 0 Å². The summed E-state index contributed by atoms with van der Waals surface area (Å²) in [5, 5.41) is 10.2. The highest BCUT2D eigenvalue weighted by Crippen LogP contribution is 2.37. The first-order chi connectivity index (χ1) is 14.2. The molecule has 0 spiro atoms. The lowest BCUT2D eigenvalue weighted by molar-refractivity contribution is -0.137. The summed E-state index contributed by atoms with van der Waals surface area (Å²) < 4.78 is 68.1. The van der Waals surface area contributed by atoms with Crippen molar-refractivity contribution in [2.75, 3.05) is 13.6 Å². The molecule has 3 rings (SSSR count). The van der Waals surface area contributed by atoms with Gasteiger partial charge >= 0.3 is 6.18 Å². The fraction of sp³-hybridized carbons (Fsp3) is 0.217. The number of aliphatic hydroxyl groups excluding tert-OH is 1. The van der Waals surface area contributed by atoms with Crippen LogP contribution in [0.3, 0.4) is 0 Å². The van der Waals surface area contributed by atoms with E-state index >= 15 is 0 Å². The molecule has 158 valence electrons. The normalized spacial score (nSPS) is 12.9. The van der Waals surface area contributed by atoms with Gasteiger partial charge < -0.3 is 5.11 Å². The van der Waals surface area contributed by atoms with Crippen LogP contribution < -0.4 is 0 Å². The highest BCUT2D eigenvalue weighted by molar-refractivity contribution is 5.68. The van der Waals surface area contributed by atoms with Crippen molar-refractivity contribution in [2.24, 2.45) is 0 Å². The first-order valence-corrected chi connectivity index (χ1v) is 9.23. The zero-order valence-corrected chi connectivity index (χ0v) is 16.1. The first-order valence-electron chi connectivity index (χ1n) is 9.23. The Morgan fingerprint density at radius 1 is 0.900 bits per heavy atom. The average Bonchev–Trinajstić information content (AvgIpc) is 2.69. The third-order valence-electron chi connectivity index (χ3n) is 4.79. The van der Waals surface area contributed by atoms with Crippen molar-refractivity contribution in [1.82, 2.24) is 4.90 Å². The second kappa shape index (κ2) is 8.93. The predicted octanol–water partition coefficient (Wildman–Crippen LogP) is 5.82. The summed E-state index contributed by atoms with van der Waals surface area (Å²) in [6.07, 6.45) is -5.65. The topological polar surface area (TPSA) is 23.5 Å². The van der Waals surface area contributed by atoms with Gasteiger partial charge in [-0.1, -0.05) is 48.5 Å². The van der Waals surface area contributed by atoms with Crippen LogP contribution in [-0.4, -0.2) is 23.6 Å². The largest absolute Gasteiger partial charge is 0.417 e. The van der Waals surface area contributed by atoms with Crippen LogP contribution in [0.2, 0.25) is 0 Å². The smallest absolute Gasteiger partial charge is 0.387 e. The van der Waals surface area contributed by atoms with Crippen molar-refractivity contribution in [1.29, 1.82) is 0 Å². The van der Waals surface area contributed by atoms with Crippen LogP contribution in [0.25, 0.3) is 11.1 Å². The van der Waals surface area contributed by atoms with Crippen LogP contribution in [0.5, 0.6) is 0 Å². The molecule has 0 radical (unpaired) electrons. The highest BCUT2D eigenvalue weighted by atomic mass is 19.4. The van der Waals surface area contributed by atoms with E-state index in [4.69, 9.17) is 0 Å². The van der Waals surface area contributed by atoms with Crippen molar-refractivity contribution in [3.05, 3.63) is 95.1 Å². The third kappa shape index (κ3) is 5.04. The second-order valence-electron chi connectivity index (χ2n) is 7.08. The van der Waals surface area contributed by atoms with Gasteiger partial charge in [-0.3, -0.25) is 4.90 Å². The quantitative estimate of drug-likeness (QED) is 0.508. The molecule has 0 aliphatic carbocycles. The van der Waals surface area contributed by atoms with Crippen molar-refractivity contribution < 1.29 is 27.1 Å². The summed E-state index contributed by atoms with van der Waals surface area (Å²) in [6.45, 7) is 0.150. The van der Waals surface area contributed by atoms with Crippen LogP contribution in [-0.2, 0) is 12.7 Å². The Balaban J connectivity index is 1.76. The number of benzene rings is 3. The fourth-order valence-electron chi connectivity index (χ4n) is 3.32. The second-order valence-corrected chi connectivity index (χ2v) is 7.08. The molecule has 0 saturated heterocycles. The Hall–Kier alpha value is -2.77. The number of hydrogen-bond acceptors (Lipinski definition) is 2. The van der Waals surface area contributed by atoms with E-state index in [1.807, 2.05) is 0 Å². The van der Waals surface area contributed by atoms with E-state index in [0.29, 0.717) is 0 Å². The van der Waals surface area contributed by atoms with Gasteiger partial charge in [0.25, 0.3) is 0 Å². The van der Waals surface area contributed by atoms with Gasteiger partial charge in [-0.25, -0.2) is 8.78 Å². The zero-order valence-electron chi connectivity index (χ0n) is 16.1. The highest BCUT2D eigenvalue weighted by Gasteiger charge is 2.33. The van der Waals surface area contributed by atoms with Crippen LogP contribution in [0, 0.1) is 11.6 Å². The molecule has 7 heteroatoms. The molecular formula is C23H20F5NO. The van der Waals surface area contributed by atoms with E-state index in [-0.39, 0.29) is 35.3 Å². The monoisotopic (exact) mass is 421 g/mol. The van der Waals surface area contributed by atoms with Gasteiger partial charge in [-0.2, -0.15) is 13.2 Å². The summed E-state index contributed by atoms with van der Waals surface area (Å²) >= 11 is 0. The number of likely N-dealkylation sites (N-methyl/N-ethyl adjacent to an activating group) is 1. The first kappa shape index (κ1) is 21.9. The minimum Gasteiger partial charge on any atom is -0.387 e. The average molecular weight is 421 g/mol. The molecule has 2 nitrogen and oxygen atoms in total. The number of rotatable bonds is 6. The van der Waals surface area contributed by atoms with E-state index in [2.05, 4.69) is 0 Å². The van der Waals surface area contributed by atoms with Gasteiger partial charge in [-0.05, 0) is 36.4 Å². The maximum Gasteiger partial charge on any atom is 0.417 e. The van der Waals surface area contributed by atoms with Gasteiger partial charge in [0, 0.05) is 24.2 Å². The van der Waals surface area contributed by atoms with Crippen molar-refractivity contribution in [3.63, 3.8) is 0 Å². The van der Waals surface area contributed by atoms with Crippen LogP contribution in [0.1, 0.15) is 22.8 Å². The molecule has 3 aromatic rings. The summed E-state index contributed by atoms with van der Waals surface area (Å²) in [5.41, 5.74) is -0.408. The molecule has 0 aliphatic heterocycles. The lowest BCUT2D eigenvalue weighted by Gasteiger charge is -2.21. The Bertz CT molecular complexity index is 1020. The number of nitrogens with zero attached hydrogens (tertiary/aromatic N) is 1. The van der Waals surface area contributed by atoms with Crippen LogP contribution in [0.15, 0.2) is 66.7 Å². The van der Waals surface area contributed by atoms with Gasteiger partial charge in [0.15, 0.2) is 0 Å². The van der Waals surface area contributed by atoms with Gasteiger partial charge in [0.05, 0.1) is 11.7 Å². The minimum absolute atomic E-state index is 0.0546. The summed E-state index contributed by atoms with van der Waals surface area (Å²) in [4.78, 5) is 1.61. The summed E-state index contributed by atoms with van der Waals surface area (Å²) in [5.74, 6) is -1.19. The van der Waals surface area contributed by atoms with E-state index < -0.39 is 29.5 Å². The maximum absolute atomic E-state index is 14.6. The predicted molar refractivity (Wildman–Crippen MR) is 105 cm³/mol. The van der Waals surface area contributed by atoms with E-state index in [1.54, 1.807) is 18.0 Å². The van der Waals surface area contributed by atoms with E-state index in [9.17, 15) is 27.1 Å². The Labute approximate surface area is 171 Å². The number of aliphatic hydroxyl groups is 1.